The zero-order valence-electron chi connectivity index (χ0n) is 18.3. The minimum absolute atomic E-state index is 0.0746. The fraction of sp³-hybridized carbons (Fsp3) is 0.480. The van der Waals surface area contributed by atoms with E-state index < -0.39 is 0 Å². The Bertz CT molecular complexity index is 944. The van der Waals surface area contributed by atoms with Crippen molar-refractivity contribution in [2.75, 3.05) is 26.2 Å². The maximum atomic E-state index is 13.3. The number of likely N-dealkylation sites (tertiary alicyclic amines) is 2. The fourth-order valence-electron chi connectivity index (χ4n) is 4.58. The van der Waals surface area contributed by atoms with Crippen molar-refractivity contribution in [3.8, 4) is 0 Å². The summed E-state index contributed by atoms with van der Waals surface area (Å²) in [6, 6.07) is 9.53. The van der Waals surface area contributed by atoms with Gasteiger partial charge >= 0.3 is 0 Å². The van der Waals surface area contributed by atoms with Gasteiger partial charge in [-0.15, -0.1) is 0 Å². The molecule has 1 aromatic heterocycles. The van der Waals surface area contributed by atoms with E-state index in [4.69, 9.17) is 4.98 Å². The summed E-state index contributed by atoms with van der Waals surface area (Å²) in [5.74, 6) is 0.484. The summed E-state index contributed by atoms with van der Waals surface area (Å²) < 4.78 is 13.2. The standard InChI is InChI=1S/C25H30FN3O2/c1-17-9-13-29(14-10-17)25(31)22-8-3-18(2)27-23(22)19-11-15-28(16-12-19)24(30)20-4-6-21(26)7-5-20/h3-8,17,19H,9-16H2,1-2H3. The van der Waals surface area contributed by atoms with Crippen LogP contribution in [0.5, 0.6) is 0 Å². The maximum Gasteiger partial charge on any atom is 0.255 e. The summed E-state index contributed by atoms with van der Waals surface area (Å²) in [4.78, 5) is 34.5. The number of benzene rings is 1. The molecule has 2 aliphatic rings. The third-order valence-corrected chi connectivity index (χ3v) is 6.63. The first-order valence-electron chi connectivity index (χ1n) is 11.2. The second kappa shape index (κ2) is 9.16. The van der Waals surface area contributed by atoms with E-state index in [1.165, 1.54) is 24.3 Å². The lowest BCUT2D eigenvalue weighted by Gasteiger charge is -2.34. The van der Waals surface area contributed by atoms with Crippen LogP contribution in [0.3, 0.4) is 0 Å². The summed E-state index contributed by atoms with van der Waals surface area (Å²) in [6.45, 7) is 7.00. The van der Waals surface area contributed by atoms with Gasteiger partial charge in [-0.1, -0.05) is 6.92 Å². The van der Waals surface area contributed by atoms with Crippen molar-refractivity contribution in [3.63, 3.8) is 0 Å². The number of pyridine rings is 1. The first-order chi connectivity index (χ1) is 14.9. The lowest BCUT2D eigenvalue weighted by Crippen LogP contribution is -2.40. The van der Waals surface area contributed by atoms with E-state index in [0.29, 0.717) is 30.1 Å². The van der Waals surface area contributed by atoms with Gasteiger partial charge in [-0.25, -0.2) is 4.39 Å². The minimum Gasteiger partial charge on any atom is -0.339 e. The van der Waals surface area contributed by atoms with Gasteiger partial charge in [-0.3, -0.25) is 14.6 Å². The molecule has 2 fully saturated rings. The summed E-state index contributed by atoms with van der Waals surface area (Å²) >= 11 is 0. The predicted molar refractivity (Wildman–Crippen MR) is 118 cm³/mol. The van der Waals surface area contributed by atoms with Crippen LogP contribution in [-0.2, 0) is 0 Å². The van der Waals surface area contributed by atoms with Crippen LogP contribution >= 0.6 is 0 Å². The number of carbonyl (C=O) groups excluding carboxylic acids is 2. The number of hydrogen-bond acceptors (Lipinski definition) is 3. The van der Waals surface area contributed by atoms with Crippen LogP contribution in [0, 0.1) is 18.7 Å². The van der Waals surface area contributed by atoms with Crippen LogP contribution in [-0.4, -0.2) is 52.8 Å². The van der Waals surface area contributed by atoms with Crippen molar-refractivity contribution in [3.05, 3.63) is 64.7 Å². The van der Waals surface area contributed by atoms with Gasteiger partial charge in [0.05, 0.1) is 11.3 Å². The van der Waals surface area contributed by atoms with E-state index in [9.17, 15) is 14.0 Å². The van der Waals surface area contributed by atoms with Crippen LogP contribution in [0.1, 0.15) is 70.6 Å². The molecular weight excluding hydrogens is 393 g/mol. The van der Waals surface area contributed by atoms with E-state index in [-0.39, 0.29) is 23.5 Å². The van der Waals surface area contributed by atoms with Gasteiger partial charge in [0.25, 0.3) is 11.8 Å². The SMILES string of the molecule is Cc1ccc(C(=O)N2CCC(C)CC2)c(C2CCN(C(=O)c3ccc(F)cc3)CC2)n1. The molecule has 0 saturated carbocycles. The molecule has 2 aliphatic heterocycles. The molecule has 2 amide bonds. The number of carbonyl (C=O) groups is 2. The Morgan fingerprint density at radius 1 is 0.871 bits per heavy atom. The molecule has 0 N–H and O–H groups in total. The highest BCUT2D eigenvalue weighted by atomic mass is 19.1. The van der Waals surface area contributed by atoms with Crippen LogP contribution < -0.4 is 0 Å². The van der Waals surface area contributed by atoms with Gasteiger partial charge in [-0.05, 0) is 74.9 Å². The number of rotatable bonds is 3. The summed E-state index contributed by atoms with van der Waals surface area (Å²) in [5.41, 5.74) is 2.99. The third kappa shape index (κ3) is 4.78. The fourth-order valence-corrected chi connectivity index (χ4v) is 4.58. The maximum absolute atomic E-state index is 13.3. The van der Waals surface area contributed by atoms with Gasteiger partial charge < -0.3 is 9.80 Å². The van der Waals surface area contributed by atoms with E-state index >= 15 is 0 Å². The lowest BCUT2D eigenvalue weighted by atomic mass is 9.89. The van der Waals surface area contributed by atoms with E-state index in [1.54, 1.807) is 0 Å². The molecule has 0 spiro atoms. The zero-order chi connectivity index (χ0) is 22.0. The van der Waals surface area contributed by atoms with Crippen LogP contribution in [0.2, 0.25) is 0 Å². The van der Waals surface area contributed by atoms with Crippen molar-refractivity contribution < 1.29 is 14.0 Å². The van der Waals surface area contributed by atoms with Crippen molar-refractivity contribution >= 4 is 11.8 Å². The number of piperidine rings is 2. The Morgan fingerprint density at radius 2 is 1.45 bits per heavy atom. The highest BCUT2D eigenvalue weighted by Gasteiger charge is 2.30. The Hall–Kier alpha value is -2.76. The Kier molecular flexibility index (Phi) is 6.35. The summed E-state index contributed by atoms with van der Waals surface area (Å²) in [7, 11) is 0. The first kappa shape index (κ1) is 21.5. The smallest absolute Gasteiger partial charge is 0.255 e. The molecule has 2 saturated heterocycles. The second-order valence-corrected chi connectivity index (χ2v) is 8.93. The second-order valence-electron chi connectivity index (χ2n) is 8.93. The molecular formula is C25H30FN3O2. The molecule has 0 radical (unpaired) electrons. The minimum atomic E-state index is -0.346. The van der Waals surface area contributed by atoms with Gasteiger partial charge in [0.2, 0.25) is 0 Å². The highest BCUT2D eigenvalue weighted by molar-refractivity contribution is 5.96. The normalized spacial score (nSPS) is 18.3. The van der Waals surface area contributed by atoms with E-state index in [0.717, 1.165) is 50.2 Å². The van der Waals surface area contributed by atoms with E-state index in [2.05, 4.69) is 6.92 Å². The topological polar surface area (TPSA) is 53.5 Å². The largest absolute Gasteiger partial charge is 0.339 e. The van der Waals surface area contributed by atoms with Gasteiger partial charge in [0, 0.05) is 43.4 Å². The summed E-state index contributed by atoms with van der Waals surface area (Å²) in [6.07, 6.45) is 3.62. The number of aromatic nitrogens is 1. The molecule has 0 bridgehead atoms. The van der Waals surface area contributed by atoms with Crippen molar-refractivity contribution in [2.24, 2.45) is 5.92 Å². The molecule has 4 rings (SSSR count). The Labute approximate surface area is 183 Å². The molecule has 2 aromatic rings. The number of halogens is 1. The summed E-state index contributed by atoms with van der Waals surface area (Å²) in [5, 5.41) is 0. The first-order valence-corrected chi connectivity index (χ1v) is 11.2. The monoisotopic (exact) mass is 423 g/mol. The molecule has 0 atom stereocenters. The molecule has 3 heterocycles. The number of aryl methyl sites for hydroxylation is 1. The van der Waals surface area contributed by atoms with E-state index in [1.807, 2.05) is 28.9 Å². The predicted octanol–water partition coefficient (Wildman–Crippen LogP) is 4.42. The van der Waals surface area contributed by atoms with Gasteiger partial charge in [0.15, 0.2) is 0 Å². The quantitative estimate of drug-likeness (QED) is 0.734. The van der Waals surface area contributed by atoms with Crippen LogP contribution in [0.4, 0.5) is 4.39 Å². The molecule has 0 unspecified atom stereocenters. The molecule has 1 aromatic carbocycles. The van der Waals surface area contributed by atoms with Crippen LogP contribution in [0.25, 0.3) is 0 Å². The van der Waals surface area contributed by atoms with Gasteiger partial charge in [0.1, 0.15) is 5.82 Å². The number of nitrogens with zero attached hydrogens (tertiary/aromatic N) is 3. The highest BCUT2D eigenvalue weighted by Crippen LogP contribution is 2.31. The average Bonchev–Trinajstić information content (AvgIpc) is 2.79. The van der Waals surface area contributed by atoms with Crippen molar-refractivity contribution in [2.45, 2.75) is 45.4 Å². The van der Waals surface area contributed by atoms with Gasteiger partial charge in [-0.2, -0.15) is 0 Å². The number of amides is 2. The molecule has 5 nitrogen and oxygen atoms in total. The Balaban J connectivity index is 1.47. The average molecular weight is 424 g/mol. The third-order valence-electron chi connectivity index (χ3n) is 6.63. The molecule has 164 valence electrons. The lowest BCUT2D eigenvalue weighted by molar-refractivity contribution is 0.0681. The van der Waals surface area contributed by atoms with Crippen molar-refractivity contribution in [1.82, 2.24) is 14.8 Å². The van der Waals surface area contributed by atoms with Crippen LogP contribution in [0.15, 0.2) is 36.4 Å². The number of hydrogen-bond donors (Lipinski definition) is 0. The van der Waals surface area contributed by atoms with Crippen molar-refractivity contribution in [1.29, 1.82) is 0 Å². The molecule has 0 aliphatic carbocycles. The zero-order valence-corrected chi connectivity index (χ0v) is 18.3. The molecule has 6 heteroatoms. The Morgan fingerprint density at radius 3 is 2.10 bits per heavy atom. The molecule has 31 heavy (non-hydrogen) atoms.